The van der Waals surface area contributed by atoms with Gasteiger partial charge < -0.3 is 24.9 Å². The molecule has 214 valence electrons. The summed E-state index contributed by atoms with van der Waals surface area (Å²) in [6, 6.07) is 18.3. The first-order chi connectivity index (χ1) is 20.2. The largest absolute Gasteiger partial charge is 0.493 e. The second-order valence-electron chi connectivity index (χ2n) is 9.72. The van der Waals surface area contributed by atoms with Crippen molar-refractivity contribution in [1.29, 1.82) is 0 Å². The fourth-order valence-corrected chi connectivity index (χ4v) is 7.87. The first kappa shape index (κ1) is 27.5. The number of hydrogen-bond donors (Lipinski definition) is 3. The molecular formula is C29H23N3O8S2. The van der Waals surface area contributed by atoms with Crippen molar-refractivity contribution < 1.29 is 33.8 Å². The minimum Gasteiger partial charge on any atom is -0.493 e. The molecule has 1 saturated heterocycles. The first-order valence-corrected chi connectivity index (χ1v) is 14.5. The van der Waals surface area contributed by atoms with E-state index < -0.39 is 41.4 Å². The monoisotopic (exact) mass is 605 g/mol. The number of benzene rings is 3. The number of carboxylic acid groups (broad SMARTS) is 1. The Balaban J connectivity index is 1.24. The highest BCUT2D eigenvalue weighted by Crippen LogP contribution is 2.53. The number of likely N-dealkylation sites (tertiary alicyclic amines) is 1. The molecule has 11 nitrogen and oxygen atoms in total. The minimum absolute atomic E-state index is 0.278. The molecule has 2 aliphatic heterocycles. The summed E-state index contributed by atoms with van der Waals surface area (Å²) in [6.07, 6.45) is 0. The maximum absolute atomic E-state index is 13.4. The third-order valence-corrected chi connectivity index (χ3v) is 9.55. The number of anilines is 1. The normalized spacial score (nSPS) is 19.4. The van der Waals surface area contributed by atoms with Crippen LogP contribution in [0.3, 0.4) is 0 Å². The number of aliphatic carboxylic acids is 1. The Morgan fingerprint density at radius 1 is 1.00 bits per heavy atom. The molecule has 2 aliphatic rings. The highest BCUT2D eigenvalue weighted by atomic mass is 32.2. The maximum atomic E-state index is 13.4. The number of thioether (sulfide) groups is 1. The number of fused-ring (bicyclic) bond motifs is 3. The van der Waals surface area contributed by atoms with Crippen LogP contribution in [0, 0.1) is 5.92 Å². The second-order valence-corrected chi connectivity index (χ2v) is 11.9. The number of nitrogens with zero attached hydrogens (tertiary/aromatic N) is 1. The van der Waals surface area contributed by atoms with Gasteiger partial charge >= 0.3 is 10.8 Å². The number of carboxylic acids is 1. The quantitative estimate of drug-likeness (QED) is 0.257. The Hall–Kier alpha value is -4.62. The Kier molecular flexibility index (Phi) is 7.21. The van der Waals surface area contributed by atoms with E-state index in [-0.39, 0.29) is 28.9 Å². The van der Waals surface area contributed by atoms with Gasteiger partial charge in [0.2, 0.25) is 11.8 Å². The molecule has 2 unspecified atom stereocenters. The Morgan fingerprint density at radius 2 is 1.79 bits per heavy atom. The predicted octanol–water partition coefficient (Wildman–Crippen LogP) is 3.29. The van der Waals surface area contributed by atoms with E-state index in [9.17, 15) is 29.1 Å². The van der Waals surface area contributed by atoms with Crippen molar-refractivity contribution >= 4 is 63.2 Å². The molecule has 6 rings (SSSR count). The Bertz CT molecular complexity index is 1820. The van der Waals surface area contributed by atoms with Gasteiger partial charge in [-0.25, -0.2) is 0 Å². The molecule has 3 aromatic carbocycles. The van der Waals surface area contributed by atoms with E-state index in [2.05, 4.69) is 10.3 Å². The van der Waals surface area contributed by atoms with Crippen LogP contribution in [0.5, 0.6) is 11.5 Å². The lowest BCUT2D eigenvalue weighted by molar-refractivity contribution is -0.149. The molecule has 3 N–H and O–H groups in total. The smallest absolute Gasteiger partial charge is 0.323 e. The van der Waals surface area contributed by atoms with Gasteiger partial charge in [0.05, 0.1) is 18.1 Å². The SMILES string of the molecule is COc1cc([C@@H]2c3sc(=O)[nH]c3SC3C(=O)N(CC(=O)O)C(=O)C32)ccc1OCC(=O)Nc1ccc2ccccc2c1. The van der Waals surface area contributed by atoms with Crippen LogP contribution >= 0.6 is 23.1 Å². The molecule has 1 fully saturated rings. The van der Waals surface area contributed by atoms with E-state index in [1.54, 1.807) is 18.2 Å². The second kappa shape index (κ2) is 11.0. The van der Waals surface area contributed by atoms with Crippen LogP contribution < -0.4 is 19.7 Å². The first-order valence-electron chi connectivity index (χ1n) is 12.8. The van der Waals surface area contributed by atoms with Crippen LogP contribution in [-0.2, 0) is 19.2 Å². The summed E-state index contributed by atoms with van der Waals surface area (Å²) in [5.41, 5.74) is 1.20. The predicted molar refractivity (Wildman–Crippen MR) is 155 cm³/mol. The molecule has 0 aliphatic carbocycles. The van der Waals surface area contributed by atoms with Gasteiger partial charge in [0.15, 0.2) is 18.1 Å². The summed E-state index contributed by atoms with van der Waals surface area (Å²) >= 11 is 2.00. The van der Waals surface area contributed by atoms with Crippen LogP contribution in [0.1, 0.15) is 16.4 Å². The van der Waals surface area contributed by atoms with Crippen LogP contribution in [0.4, 0.5) is 5.69 Å². The molecule has 3 atom stereocenters. The van der Waals surface area contributed by atoms with Crippen LogP contribution in [-0.4, -0.2) is 64.2 Å². The van der Waals surface area contributed by atoms with Gasteiger partial charge in [0.25, 0.3) is 5.91 Å². The number of amides is 3. The zero-order valence-corrected chi connectivity index (χ0v) is 23.6. The number of imide groups is 1. The topological polar surface area (TPSA) is 155 Å². The van der Waals surface area contributed by atoms with E-state index >= 15 is 0 Å². The van der Waals surface area contributed by atoms with Gasteiger partial charge in [-0.2, -0.15) is 0 Å². The highest BCUT2D eigenvalue weighted by molar-refractivity contribution is 8.00. The van der Waals surface area contributed by atoms with Gasteiger partial charge in [-0.3, -0.25) is 28.9 Å². The van der Waals surface area contributed by atoms with Gasteiger partial charge in [-0.15, -0.1) is 0 Å². The fraction of sp³-hybridized carbons (Fsp3) is 0.207. The van der Waals surface area contributed by atoms with Crippen LogP contribution in [0.25, 0.3) is 10.8 Å². The van der Waals surface area contributed by atoms with Crippen molar-refractivity contribution in [3.05, 3.63) is 80.8 Å². The highest BCUT2D eigenvalue weighted by Gasteiger charge is 2.56. The van der Waals surface area contributed by atoms with Crippen molar-refractivity contribution in [2.45, 2.75) is 16.2 Å². The number of nitrogens with one attached hydrogen (secondary N) is 2. The molecule has 3 heterocycles. The number of ether oxygens (including phenoxy) is 2. The van der Waals surface area contributed by atoms with E-state index in [4.69, 9.17) is 9.47 Å². The summed E-state index contributed by atoms with van der Waals surface area (Å²) in [4.78, 5) is 66.4. The van der Waals surface area contributed by atoms with Gasteiger partial charge in [-0.1, -0.05) is 59.5 Å². The number of rotatable bonds is 8. The van der Waals surface area contributed by atoms with Crippen molar-refractivity contribution in [3.8, 4) is 11.5 Å². The maximum Gasteiger partial charge on any atom is 0.323 e. The van der Waals surface area contributed by atoms with E-state index in [1.807, 2.05) is 42.5 Å². The average molecular weight is 606 g/mol. The summed E-state index contributed by atoms with van der Waals surface area (Å²) < 4.78 is 11.3. The number of carbonyl (C=O) groups excluding carboxylic acids is 3. The number of H-pyrrole nitrogens is 1. The molecule has 3 amide bonds. The van der Waals surface area contributed by atoms with Gasteiger partial charge in [-0.05, 0) is 40.6 Å². The number of thiazole rings is 1. The Labute approximate surface area is 246 Å². The van der Waals surface area contributed by atoms with Crippen LogP contribution in [0.2, 0.25) is 0 Å². The third kappa shape index (κ3) is 5.01. The molecule has 0 radical (unpaired) electrons. The number of hydrogen-bond acceptors (Lipinski definition) is 9. The van der Waals surface area contributed by atoms with Gasteiger partial charge in [0.1, 0.15) is 11.8 Å². The van der Waals surface area contributed by atoms with Crippen molar-refractivity contribution in [2.24, 2.45) is 5.92 Å². The summed E-state index contributed by atoms with van der Waals surface area (Å²) in [5, 5.41) is 13.7. The zero-order valence-electron chi connectivity index (χ0n) is 22.0. The number of aromatic nitrogens is 1. The lowest BCUT2D eigenvalue weighted by atomic mass is 9.83. The van der Waals surface area contributed by atoms with E-state index in [1.165, 1.54) is 7.11 Å². The summed E-state index contributed by atoms with van der Waals surface area (Å²) in [7, 11) is 1.43. The van der Waals surface area contributed by atoms with Crippen molar-refractivity contribution in [3.63, 3.8) is 0 Å². The lowest BCUT2D eigenvalue weighted by Gasteiger charge is -2.30. The van der Waals surface area contributed by atoms with Gasteiger partial charge in [0, 0.05) is 16.5 Å². The minimum atomic E-state index is -1.30. The molecule has 0 spiro atoms. The summed E-state index contributed by atoms with van der Waals surface area (Å²) in [6.45, 7) is -1.03. The third-order valence-electron chi connectivity index (χ3n) is 7.15. The molecule has 13 heteroatoms. The molecule has 1 aromatic heterocycles. The molecule has 42 heavy (non-hydrogen) atoms. The van der Waals surface area contributed by atoms with Crippen molar-refractivity contribution in [2.75, 3.05) is 25.6 Å². The molecule has 0 saturated carbocycles. The summed E-state index contributed by atoms with van der Waals surface area (Å²) in [5.74, 6) is -3.95. The average Bonchev–Trinajstić information content (AvgIpc) is 3.46. The number of aromatic amines is 1. The standard InChI is InChI=1S/C29H23N3O8S2/c1-39-19-11-16(7-9-18(19)40-13-20(33)30-17-8-6-14-4-2-3-5-15(14)10-17)22-23-25(41-26-24(22)42-29(38)31-26)28(37)32(27(23)36)12-21(34)35/h2-11,22-23,25H,12-13H2,1H3,(H,30,33)(H,31,38)(H,34,35)/t22-,23?,25?/m0/s1. The van der Waals surface area contributed by atoms with E-state index in [0.717, 1.165) is 38.8 Å². The molecule has 4 aromatic rings. The molecular weight excluding hydrogens is 582 g/mol. The zero-order chi connectivity index (χ0) is 29.5. The lowest BCUT2D eigenvalue weighted by Crippen LogP contribution is -2.36. The number of methoxy groups -OCH3 is 1. The van der Waals surface area contributed by atoms with Crippen molar-refractivity contribution in [1.82, 2.24) is 9.88 Å². The Morgan fingerprint density at radius 3 is 2.55 bits per heavy atom. The molecule has 0 bridgehead atoms. The number of carbonyl (C=O) groups is 4. The van der Waals surface area contributed by atoms with E-state index in [0.29, 0.717) is 21.2 Å². The van der Waals surface area contributed by atoms with Crippen LogP contribution in [0.15, 0.2) is 70.5 Å². The fourth-order valence-electron chi connectivity index (χ4n) is 5.33.